The van der Waals surface area contributed by atoms with E-state index < -0.39 is 0 Å². The Morgan fingerprint density at radius 1 is 1.12 bits per heavy atom. The first-order valence-corrected chi connectivity index (χ1v) is 8.63. The third-order valence-electron chi connectivity index (χ3n) is 4.45. The third kappa shape index (κ3) is 5.34. The van der Waals surface area contributed by atoms with Gasteiger partial charge in [-0.1, -0.05) is 24.3 Å². The van der Waals surface area contributed by atoms with Gasteiger partial charge in [-0.25, -0.2) is 0 Å². The van der Waals surface area contributed by atoms with E-state index in [1.54, 1.807) is 14.2 Å². The van der Waals surface area contributed by atoms with Crippen LogP contribution in [0.15, 0.2) is 42.5 Å². The first-order chi connectivity index (χ1) is 12.4. The van der Waals surface area contributed by atoms with Crippen molar-refractivity contribution in [2.24, 2.45) is 0 Å². The van der Waals surface area contributed by atoms with Crippen LogP contribution in [0.3, 0.4) is 0 Å². The SMILES string of the molecule is COc1cccc(CCC(=O)N(C)CC(=O)Nc2cccc(C)c2C)c1. The summed E-state index contributed by atoms with van der Waals surface area (Å²) in [6, 6.07) is 13.4. The van der Waals surface area contributed by atoms with Crippen LogP contribution in [0.5, 0.6) is 5.75 Å². The summed E-state index contributed by atoms with van der Waals surface area (Å²) in [7, 11) is 3.27. The lowest BCUT2D eigenvalue weighted by Gasteiger charge is -2.18. The minimum absolute atomic E-state index is 0.0321. The van der Waals surface area contributed by atoms with Crippen LogP contribution >= 0.6 is 0 Å². The Balaban J connectivity index is 1.85. The topological polar surface area (TPSA) is 58.6 Å². The van der Waals surface area contributed by atoms with Gasteiger partial charge in [-0.15, -0.1) is 0 Å². The Morgan fingerprint density at radius 3 is 2.58 bits per heavy atom. The van der Waals surface area contributed by atoms with E-state index in [-0.39, 0.29) is 18.4 Å². The fraction of sp³-hybridized carbons (Fsp3) is 0.333. The molecule has 0 unspecified atom stereocenters. The van der Waals surface area contributed by atoms with Crippen LogP contribution in [0.25, 0.3) is 0 Å². The van der Waals surface area contributed by atoms with Crippen LogP contribution in [-0.2, 0) is 16.0 Å². The summed E-state index contributed by atoms with van der Waals surface area (Å²) in [5.74, 6) is 0.510. The highest BCUT2D eigenvalue weighted by molar-refractivity contribution is 5.95. The van der Waals surface area contributed by atoms with E-state index in [0.29, 0.717) is 12.8 Å². The maximum absolute atomic E-state index is 12.3. The number of carbonyl (C=O) groups is 2. The summed E-state index contributed by atoms with van der Waals surface area (Å²) in [5.41, 5.74) is 3.97. The standard InChI is InChI=1S/C21H26N2O3/c1-15-7-5-10-19(16(15)2)22-20(24)14-23(3)21(25)12-11-17-8-6-9-18(13-17)26-4/h5-10,13H,11-12,14H2,1-4H3,(H,22,24). The number of ether oxygens (including phenoxy) is 1. The zero-order valence-electron chi connectivity index (χ0n) is 15.8. The minimum Gasteiger partial charge on any atom is -0.497 e. The van der Waals surface area contributed by atoms with Crippen LogP contribution in [0.4, 0.5) is 5.69 Å². The first-order valence-electron chi connectivity index (χ1n) is 8.63. The largest absolute Gasteiger partial charge is 0.497 e. The molecule has 2 rings (SSSR count). The van der Waals surface area contributed by atoms with Crippen molar-refractivity contribution in [3.63, 3.8) is 0 Å². The third-order valence-corrected chi connectivity index (χ3v) is 4.45. The quantitative estimate of drug-likeness (QED) is 0.830. The van der Waals surface area contributed by atoms with Crippen LogP contribution in [-0.4, -0.2) is 37.4 Å². The second kappa shape index (κ2) is 9.04. The van der Waals surface area contributed by atoms with E-state index in [1.165, 1.54) is 4.90 Å². The van der Waals surface area contributed by atoms with Crippen molar-refractivity contribution in [1.82, 2.24) is 4.90 Å². The summed E-state index contributed by atoms with van der Waals surface area (Å²) in [6.07, 6.45) is 0.958. The van der Waals surface area contributed by atoms with Crippen molar-refractivity contribution in [1.29, 1.82) is 0 Å². The van der Waals surface area contributed by atoms with Gasteiger partial charge in [0.25, 0.3) is 0 Å². The Bertz CT molecular complexity index is 787. The monoisotopic (exact) mass is 354 g/mol. The molecule has 5 heteroatoms. The highest BCUT2D eigenvalue weighted by atomic mass is 16.5. The summed E-state index contributed by atoms with van der Waals surface area (Å²) >= 11 is 0. The van der Waals surface area contributed by atoms with E-state index in [9.17, 15) is 9.59 Å². The van der Waals surface area contributed by atoms with Crippen molar-refractivity contribution < 1.29 is 14.3 Å². The summed E-state index contributed by atoms with van der Waals surface area (Å²) < 4.78 is 5.19. The lowest BCUT2D eigenvalue weighted by Crippen LogP contribution is -2.35. The molecule has 0 aliphatic heterocycles. The molecule has 2 aromatic carbocycles. The number of hydrogen-bond acceptors (Lipinski definition) is 3. The number of carbonyl (C=O) groups excluding carboxylic acids is 2. The van der Waals surface area contributed by atoms with Crippen LogP contribution in [0.2, 0.25) is 0 Å². The molecular formula is C21H26N2O3. The molecule has 0 fully saturated rings. The van der Waals surface area contributed by atoms with E-state index >= 15 is 0 Å². The van der Waals surface area contributed by atoms with Crippen molar-refractivity contribution >= 4 is 17.5 Å². The molecule has 1 N–H and O–H groups in total. The Labute approximate surface area is 155 Å². The maximum atomic E-state index is 12.3. The van der Waals surface area contributed by atoms with Gasteiger partial charge in [0.1, 0.15) is 5.75 Å². The van der Waals surface area contributed by atoms with E-state index in [4.69, 9.17) is 4.74 Å². The number of nitrogens with one attached hydrogen (secondary N) is 1. The van der Waals surface area contributed by atoms with Gasteiger partial charge in [0.2, 0.25) is 11.8 Å². The summed E-state index contributed by atoms with van der Waals surface area (Å²) in [4.78, 5) is 26.0. The average molecular weight is 354 g/mol. The maximum Gasteiger partial charge on any atom is 0.243 e. The average Bonchev–Trinajstić information content (AvgIpc) is 2.63. The van der Waals surface area contributed by atoms with Crippen molar-refractivity contribution in [2.75, 3.05) is 26.0 Å². The summed E-state index contributed by atoms with van der Waals surface area (Å²) in [5, 5.41) is 2.88. The number of anilines is 1. The molecule has 0 heterocycles. The van der Waals surface area contributed by atoms with Crippen molar-refractivity contribution in [3.05, 3.63) is 59.2 Å². The van der Waals surface area contributed by atoms with Gasteiger partial charge in [-0.3, -0.25) is 9.59 Å². The second-order valence-electron chi connectivity index (χ2n) is 6.40. The molecule has 0 saturated heterocycles. The van der Waals surface area contributed by atoms with E-state index in [2.05, 4.69) is 5.32 Å². The second-order valence-corrected chi connectivity index (χ2v) is 6.40. The molecule has 0 aromatic heterocycles. The number of likely N-dealkylation sites (N-methyl/N-ethyl adjacent to an activating group) is 1. The molecule has 2 aromatic rings. The highest BCUT2D eigenvalue weighted by Gasteiger charge is 2.14. The number of rotatable bonds is 7. The Hall–Kier alpha value is -2.82. The molecule has 0 radical (unpaired) electrons. The zero-order chi connectivity index (χ0) is 19.1. The molecule has 0 saturated carbocycles. The van der Waals surface area contributed by atoms with E-state index in [0.717, 1.165) is 28.1 Å². The zero-order valence-corrected chi connectivity index (χ0v) is 15.8. The fourth-order valence-electron chi connectivity index (χ4n) is 2.65. The number of nitrogens with zero attached hydrogens (tertiary/aromatic N) is 1. The van der Waals surface area contributed by atoms with Gasteiger partial charge in [0.05, 0.1) is 13.7 Å². The molecule has 0 aliphatic rings. The highest BCUT2D eigenvalue weighted by Crippen LogP contribution is 2.18. The van der Waals surface area contributed by atoms with E-state index in [1.807, 2.05) is 56.3 Å². The number of methoxy groups -OCH3 is 1. The van der Waals surface area contributed by atoms with Gasteiger partial charge < -0.3 is 15.0 Å². The minimum atomic E-state index is -0.198. The van der Waals surface area contributed by atoms with Crippen molar-refractivity contribution in [2.45, 2.75) is 26.7 Å². The molecule has 0 aliphatic carbocycles. The predicted octanol–water partition coefficient (Wildman–Crippen LogP) is 3.34. The lowest BCUT2D eigenvalue weighted by atomic mass is 10.1. The normalized spacial score (nSPS) is 10.3. The van der Waals surface area contributed by atoms with Crippen LogP contribution in [0, 0.1) is 13.8 Å². The molecule has 0 atom stereocenters. The Kier molecular flexibility index (Phi) is 6.78. The van der Waals surface area contributed by atoms with Crippen molar-refractivity contribution in [3.8, 4) is 5.75 Å². The van der Waals surface area contributed by atoms with Crippen LogP contribution < -0.4 is 10.1 Å². The number of amides is 2. The number of aryl methyl sites for hydroxylation is 2. The lowest BCUT2D eigenvalue weighted by molar-refractivity contribution is -0.133. The molecular weight excluding hydrogens is 328 g/mol. The van der Waals surface area contributed by atoms with Gasteiger partial charge in [-0.05, 0) is 55.2 Å². The molecule has 138 valence electrons. The summed E-state index contributed by atoms with van der Waals surface area (Å²) in [6.45, 7) is 4.00. The predicted molar refractivity (Wildman–Crippen MR) is 103 cm³/mol. The molecule has 0 bridgehead atoms. The van der Waals surface area contributed by atoms with Crippen LogP contribution in [0.1, 0.15) is 23.1 Å². The molecule has 5 nitrogen and oxygen atoms in total. The van der Waals surface area contributed by atoms with Gasteiger partial charge in [0.15, 0.2) is 0 Å². The molecule has 2 amide bonds. The van der Waals surface area contributed by atoms with Gasteiger partial charge >= 0.3 is 0 Å². The van der Waals surface area contributed by atoms with Gasteiger partial charge in [-0.2, -0.15) is 0 Å². The smallest absolute Gasteiger partial charge is 0.243 e. The fourth-order valence-corrected chi connectivity index (χ4v) is 2.65. The Morgan fingerprint density at radius 2 is 1.85 bits per heavy atom. The molecule has 0 spiro atoms. The number of hydrogen-bond donors (Lipinski definition) is 1. The first kappa shape index (κ1) is 19.5. The van der Waals surface area contributed by atoms with Gasteiger partial charge in [0, 0.05) is 19.2 Å². The number of benzene rings is 2. The molecule has 26 heavy (non-hydrogen) atoms.